The van der Waals surface area contributed by atoms with Gasteiger partial charge in [0.25, 0.3) is 0 Å². The van der Waals surface area contributed by atoms with E-state index in [0.29, 0.717) is 0 Å². The fourth-order valence-electron chi connectivity index (χ4n) is 2.28. The average molecular weight is 259 g/mol. The molecule has 0 amide bonds. The predicted molar refractivity (Wildman–Crippen MR) is 63.8 cm³/mol. The summed E-state index contributed by atoms with van der Waals surface area (Å²) >= 11 is 0. The summed E-state index contributed by atoms with van der Waals surface area (Å²) in [7, 11) is 0. The minimum absolute atomic E-state index is 0.00486. The van der Waals surface area contributed by atoms with E-state index in [4.69, 9.17) is 0 Å². The van der Waals surface area contributed by atoms with Crippen molar-refractivity contribution in [3.8, 4) is 5.75 Å². The average Bonchev–Trinajstić information content (AvgIpc) is 2.56. The van der Waals surface area contributed by atoms with E-state index in [0.717, 1.165) is 17.8 Å². The molecule has 2 rings (SSSR count). The van der Waals surface area contributed by atoms with Crippen molar-refractivity contribution in [2.75, 3.05) is 11.9 Å². The minimum Gasteiger partial charge on any atom is -0.406 e. The summed E-state index contributed by atoms with van der Waals surface area (Å²) in [4.78, 5) is 0. The number of nitrogens with one attached hydrogen (secondary N) is 1. The van der Waals surface area contributed by atoms with Gasteiger partial charge in [-0.15, -0.1) is 13.2 Å². The molecule has 1 atom stereocenters. The molecular formula is C13H16F3NO. The highest BCUT2D eigenvalue weighted by Crippen LogP contribution is 2.44. The number of hydrogen-bond acceptors (Lipinski definition) is 2. The molecule has 1 aliphatic heterocycles. The van der Waals surface area contributed by atoms with Gasteiger partial charge >= 0.3 is 6.36 Å². The van der Waals surface area contributed by atoms with Gasteiger partial charge in [0.15, 0.2) is 0 Å². The van der Waals surface area contributed by atoms with Crippen LogP contribution in [0.3, 0.4) is 0 Å². The van der Waals surface area contributed by atoms with Gasteiger partial charge < -0.3 is 10.1 Å². The number of alkyl halides is 3. The Morgan fingerprint density at radius 3 is 2.44 bits per heavy atom. The van der Waals surface area contributed by atoms with Gasteiger partial charge in [-0.2, -0.15) is 0 Å². The van der Waals surface area contributed by atoms with Crippen LogP contribution < -0.4 is 10.1 Å². The number of ether oxygens (including phenoxy) is 1. The highest BCUT2D eigenvalue weighted by atomic mass is 19.4. The summed E-state index contributed by atoms with van der Waals surface area (Å²) in [6.07, 6.45) is -4.64. The molecule has 0 saturated heterocycles. The fourth-order valence-corrected chi connectivity index (χ4v) is 2.28. The molecule has 1 heterocycles. The Balaban J connectivity index is 2.31. The van der Waals surface area contributed by atoms with Crippen LogP contribution in [0.1, 0.15) is 32.3 Å². The Morgan fingerprint density at radius 1 is 1.22 bits per heavy atom. The summed E-state index contributed by atoms with van der Waals surface area (Å²) in [5.41, 5.74) is 1.78. The number of hydrogen-bond donors (Lipinski definition) is 1. The van der Waals surface area contributed by atoms with E-state index in [1.54, 1.807) is 6.07 Å². The van der Waals surface area contributed by atoms with Crippen LogP contribution in [0, 0.1) is 5.41 Å². The second kappa shape index (κ2) is 4.07. The third-order valence-electron chi connectivity index (χ3n) is 3.17. The molecule has 0 aromatic heterocycles. The zero-order valence-corrected chi connectivity index (χ0v) is 10.6. The van der Waals surface area contributed by atoms with Gasteiger partial charge in [0, 0.05) is 18.2 Å². The molecule has 5 heteroatoms. The molecule has 0 bridgehead atoms. The first-order valence-corrected chi connectivity index (χ1v) is 5.80. The Hall–Kier alpha value is -1.39. The van der Waals surface area contributed by atoms with Crippen LogP contribution in [0.4, 0.5) is 18.9 Å². The third-order valence-corrected chi connectivity index (χ3v) is 3.17. The van der Waals surface area contributed by atoms with Crippen LogP contribution in [-0.2, 0) is 0 Å². The molecule has 1 aliphatic rings. The van der Waals surface area contributed by atoms with Crippen molar-refractivity contribution in [2.24, 2.45) is 5.41 Å². The van der Waals surface area contributed by atoms with Crippen molar-refractivity contribution in [3.63, 3.8) is 0 Å². The maximum atomic E-state index is 12.2. The first kappa shape index (κ1) is 13.1. The van der Waals surface area contributed by atoms with Crippen molar-refractivity contribution >= 4 is 5.69 Å². The highest BCUT2D eigenvalue weighted by Gasteiger charge is 2.35. The highest BCUT2D eigenvalue weighted by molar-refractivity contribution is 5.60. The second-order valence-electron chi connectivity index (χ2n) is 5.60. The second-order valence-corrected chi connectivity index (χ2v) is 5.60. The maximum Gasteiger partial charge on any atom is 0.573 e. The lowest BCUT2D eigenvalue weighted by Gasteiger charge is -2.27. The molecule has 0 saturated carbocycles. The summed E-state index contributed by atoms with van der Waals surface area (Å²) in [5.74, 6) is 0.0310. The molecule has 0 spiro atoms. The monoisotopic (exact) mass is 259 g/mol. The summed E-state index contributed by atoms with van der Waals surface area (Å²) in [6, 6.07) is 4.46. The number of rotatable bonds is 1. The van der Waals surface area contributed by atoms with Gasteiger partial charge in [-0.05, 0) is 29.2 Å². The van der Waals surface area contributed by atoms with Crippen molar-refractivity contribution in [1.29, 1.82) is 0 Å². The largest absolute Gasteiger partial charge is 0.573 e. The lowest BCUT2D eigenvalue weighted by Crippen LogP contribution is -2.20. The zero-order valence-electron chi connectivity index (χ0n) is 10.6. The van der Waals surface area contributed by atoms with E-state index in [-0.39, 0.29) is 17.1 Å². The summed E-state index contributed by atoms with van der Waals surface area (Å²) in [6.45, 7) is 6.97. The van der Waals surface area contributed by atoms with Crippen LogP contribution in [0.15, 0.2) is 18.2 Å². The normalized spacial score (nSPS) is 19.3. The standard InChI is InChI=1S/C13H16F3NO/c1-12(2,3)10-7-17-11-5-4-8(6-9(10)11)18-13(14,15)16/h4-6,10,17H,7H2,1-3H3. The van der Waals surface area contributed by atoms with Crippen LogP contribution >= 0.6 is 0 Å². The molecule has 1 N–H and O–H groups in total. The number of fused-ring (bicyclic) bond motifs is 1. The summed E-state index contributed by atoms with van der Waals surface area (Å²) in [5, 5.41) is 3.21. The van der Waals surface area contributed by atoms with E-state index in [1.807, 2.05) is 0 Å². The van der Waals surface area contributed by atoms with Gasteiger partial charge in [0.1, 0.15) is 5.75 Å². The SMILES string of the molecule is CC(C)(C)C1CNc2ccc(OC(F)(F)F)cc21. The first-order chi connectivity index (χ1) is 8.17. The van der Waals surface area contributed by atoms with Crippen LogP contribution in [-0.4, -0.2) is 12.9 Å². The summed E-state index contributed by atoms with van der Waals surface area (Å²) < 4.78 is 40.5. The third kappa shape index (κ3) is 2.71. The van der Waals surface area contributed by atoms with Crippen LogP contribution in [0.5, 0.6) is 5.75 Å². The Labute approximate surface area is 104 Å². The first-order valence-electron chi connectivity index (χ1n) is 5.80. The Bertz CT molecular complexity index is 449. The van der Waals surface area contributed by atoms with E-state index < -0.39 is 6.36 Å². The minimum atomic E-state index is -4.64. The van der Waals surface area contributed by atoms with E-state index in [1.165, 1.54) is 12.1 Å². The molecular weight excluding hydrogens is 243 g/mol. The van der Waals surface area contributed by atoms with E-state index in [2.05, 4.69) is 30.8 Å². The molecule has 0 fully saturated rings. The molecule has 0 aliphatic carbocycles. The van der Waals surface area contributed by atoms with Gasteiger partial charge in [-0.1, -0.05) is 20.8 Å². The van der Waals surface area contributed by atoms with Crippen LogP contribution in [0.2, 0.25) is 0 Å². The Morgan fingerprint density at radius 2 is 1.89 bits per heavy atom. The predicted octanol–water partition coefficient (Wildman–Crippen LogP) is 4.14. The molecule has 1 aromatic carbocycles. The fraction of sp³-hybridized carbons (Fsp3) is 0.538. The van der Waals surface area contributed by atoms with Gasteiger partial charge in [0.2, 0.25) is 0 Å². The maximum absolute atomic E-state index is 12.2. The number of anilines is 1. The number of benzene rings is 1. The molecule has 2 nitrogen and oxygen atoms in total. The quantitative estimate of drug-likeness (QED) is 0.818. The zero-order chi connectivity index (χ0) is 13.6. The van der Waals surface area contributed by atoms with E-state index >= 15 is 0 Å². The molecule has 100 valence electrons. The van der Waals surface area contributed by atoms with Crippen LogP contribution in [0.25, 0.3) is 0 Å². The van der Waals surface area contributed by atoms with Crippen molar-refractivity contribution in [2.45, 2.75) is 33.1 Å². The van der Waals surface area contributed by atoms with Gasteiger partial charge in [-0.25, -0.2) is 0 Å². The smallest absolute Gasteiger partial charge is 0.406 e. The number of halogens is 3. The van der Waals surface area contributed by atoms with Crippen molar-refractivity contribution in [3.05, 3.63) is 23.8 Å². The topological polar surface area (TPSA) is 21.3 Å². The molecule has 1 aromatic rings. The molecule has 0 radical (unpaired) electrons. The molecule has 1 unspecified atom stereocenters. The van der Waals surface area contributed by atoms with Crippen molar-refractivity contribution < 1.29 is 17.9 Å². The van der Waals surface area contributed by atoms with Gasteiger partial charge in [0.05, 0.1) is 0 Å². The lowest BCUT2D eigenvalue weighted by molar-refractivity contribution is -0.274. The lowest BCUT2D eigenvalue weighted by atomic mass is 9.78. The van der Waals surface area contributed by atoms with Gasteiger partial charge in [-0.3, -0.25) is 0 Å². The van der Waals surface area contributed by atoms with Crippen molar-refractivity contribution in [1.82, 2.24) is 0 Å². The van der Waals surface area contributed by atoms with E-state index in [9.17, 15) is 13.2 Å². The Kier molecular flexibility index (Phi) is 2.95. The molecule has 18 heavy (non-hydrogen) atoms.